The Hall–Kier alpha value is -3.81. The number of amides is 3. The van der Waals surface area contributed by atoms with Crippen LogP contribution in [0, 0.1) is 0 Å². The highest BCUT2D eigenvalue weighted by molar-refractivity contribution is 6.30. The predicted molar refractivity (Wildman–Crippen MR) is 145 cm³/mol. The lowest BCUT2D eigenvalue weighted by atomic mass is 10.1. The van der Waals surface area contributed by atoms with Crippen LogP contribution in [0.25, 0.3) is 0 Å². The Balaban J connectivity index is 1.53. The zero-order chi connectivity index (χ0) is 25.9. The third-order valence-electron chi connectivity index (χ3n) is 6.72. The fourth-order valence-corrected chi connectivity index (χ4v) is 5.05. The molecule has 2 aliphatic heterocycles. The second-order valence-electron chi connectivity index (χ2n) is 9.40. The van der Waals surface area contributed by atoms with E-state index in [1.807, 2.05) is 65.2 Å². The van der Waals surface area contributed by atoms with Crippen LogP contribution in [-0.2, 0) is 24.4 Å². The van der Waals surface area contributed by atoms with E-state index in [0.29, 0.717) is 37.0 Å². The SMILES string of the molecule is CN1C(=O)C2C(=NC(CN(Cc3ccccc3)Cc3ccccc3)=[N+]2Cc2cccc(Cl)c2)N(C)C1=O. The number of nitrogens with zero attached hydrogens (tertiary/aromatic N) is 5. The Labute approximate surface area is 221 Å². The summed E-state index contributed by atoms with van der Waals surface area (Å²) in [6.07, 6.45) is 0. The summed E-state index contributed by atoms with van der Waals surface area (Å²) in [6, 6.07) is 27.2. The molecule has 0 N–H and O–H groups in total. The van der Waals surface area contributed by atoms with Gasteiger partial charge in [0.15, 0.2) is 0 Å². The fourth-order valence-electron chi connectivity index (χ4n) is 4.84. The number of hydrogen-bond donors (Lipinski definition) is 0. The first-order chi connectivity index (χ1) is 17.9. The Morgan fingerprint density at radius 1 is 0.811 bits per heavy atom. The number of carbonyl (C=O) groups excluding carboxylic acids is 2. The second-order valence-corrected chi connectivity index (χ2v) is 9.84. The Kier molecular flexibility index (Phi) is 7.17. The van der Waals surface area contributed by atoms with Gasteiger partial charge in [0, 0.05) is 32.2 Å². The molecule has 0 saturated carbocycles. The van der Waals surface area contributed by atoms with E-state index in [0.717, 1.165) is 11.4 Å². The highest BCUT2D eigenvalue weighted by atomic mass is 35.5. The van der Waals surface area contributed by atoms with Gasteiger partial charge in [-0.15, -0.1) is 0 Å². The molecular weight excluding hydrogens is 486 g/mol. The number of fused-ring (bicyclic) bond motifs is 1. The first-order valence-electron chi connectivity index (χ1n) is 12.2. The third kappa shape index (κ3) is 5.33. The van der Waals surface area contributed by atoms with Gasteiger partial charge in [-0.3, -0.25) is 19.5 Å². The number of urea groups is 1. The molecule has 7 nitrogen and oxygen atoms in total. The first-order valence-corrected chi connectivity index (χ1v) is 12.6. The van der Waals surface area contributed by atoms with Crippen molar-refractivity contribution in [2.75, 3.05) is 20.6 Å². The molecule has 37 heavy (non-hydrogen) atoms. The van der Waals surface area contributed by atoms with Crippen LogP contribution >= 0.6 is 11.6 Å². The zero-order valence-corrected chi connectivity index (χ0v) is 21.7. The van der Waals surface area contributed by atoms with Crippen molar-refractivity contribution in [3.8, 4) is 0 Å². The van der Waals surface area contributed by atoms with E-state index < -0.39 is 6.04 Å². The van der Waals surface area contributed by atoms with Gasteiger partial charge in [-0.1, -0.05) is 84.4 Å². The third-order valence-corrected chi connectivity index (χ3v) is 6.95. The van der Waals surface area contributed by atoms with Crippen molar-refractivity contribution in [1.82, 2.24) is 14.7 Å². The van der Waals surface area contributed by atoms with Crippen LogP contribution in [0.15, 0.2) is 89.9 Å². The highest BCUT2D eigenvalue weighted by Crippen LogP contribution is 2.23. The molecule has 0 aromatic heterocycles. The summed E-state index contributed by atoms with van der Waals surface area (Å²) >= 11 is 6.27. The summed E-state index contributed by atoms with van der Waals surface area (Å²) in [5.74, 6) is 0.927. The normalized spacial score (nSPS) is 17.5. The molecule has 0 aliphatic carbocycles. The van der Waals surface area contributed by atoms with Crippen molar-refractivity contribution in [2.24, 2.45) is 4.99 Å². The Morgan fingerprint density at radius 2 is 1.41 bits per heavy atom. The monoisotopic (exact) mass is 514 g/mol. The molecular formula is C29H29ClN5O2+. The van der Waals surface area contributed by atoms with Gasteiger partial charge in [0.05, 0.1) is 0 Å². The molecule has 3 aromatic rings. The number of rotatable bonds is 8. The maximum Gasteiger partial charge on any atom is 0.333 e. The molecule has 1 saturated heterocycles. The molecule has 2 heterocycles. The molecule has 2 aliphatic rings. The lowest BCUT2D eigenvalue weighted by Gasteiger charge is -2.30. The number of carbonyl (C=O) groups is 2. The second kappa shape index (κ2) is 10.7. The molecule has 1 unspecified atom stereocenters. The van der Waals surface area contributed by atoms with Gasteiger partial charge in [-0.25, -0.2) is 9.37 Å². The van der Waals surface area contributed by atoms with E-state index in [4.69, 9.17) is 16.6 Å². The fraction of sp³-hybridized carbons (Fsp3) is 0.241. The van der Waals surface area contributed by atoms with Crippen molar-refractivity contribution in [3.05, 3.63) is 107 Å². The van der Waals surface area contributed by atoms with E-state index in [-0.39, 0.29) is 11.9 Å². The van der Waals surface area contributed by atoms with Crippen LogP contribution in [0.4, 0.5) is 4.79 Å². The van der Waals surface area contributed by atoms with Crippen LogP contribution in [0.3, 0.4) is 0 Å². The molecule has 1 atom stereocenters. The van der Waals surface area contributed by atoms with Gasteiger partial charge < -0.3 is 0 Å². The zero-order valence-electron chi connectivity index (χ0n) is 20.9. The number of likely N-dealkylation sites (N-methyl/N-ethyl adjacent to an activating group) is 2. The number of benzene rings is 3. The van der Waals surface area contributed by atoms with E-state index in [2.05, 4.69) is 29.2 Å². The number of amidine groups is 2. The standard InChI is InChI=1S/C29H29ClN5O2/c1-32-27-26(28(36)33(2)29(32)37)35(19-23-14-9-15-24(30)16-23)25(31-27)20-34(17-21-10-5-3-6-11-21)18-22-12-7-4-8-13-22/h3-16,26H,17-20H2,1-2H3/q+1. The number of aliphatic imine (C=N–C) groups is 1. The summed E-state index contributed by atoms with van der Waals surface area (Å²) in [5.41, 5.74) is 3.34. The summed E-state index contributed by atoms with van der Waals surface area (Å²) in [5, 5.41) is 0.633. The average molecular weight is 515 g/mol. The molecule has 0 spiro atoms. The lowest BCUT2D eigenvalue weighted by Crippen LogP contribution is -2.61. The number of halogens is 1. The van der Waals surface area contributed by atoms with Gasteiger partial charge in [0.1, 0.15) is 13.1 Å². The van der Waals surface area contributed by atoms with E-state index in [9.17, 15) is 9.59 Å². The summed E-state index contributed by atoms with van der Waals surface area (Å²) in [7, 11) is 3.19. The van der Waals surface area contributed by atoms with Gasteiger partial charge in [-0.05, 0) is 33.8 Å². The lowest BCUT2D eigenvalue weighted by molar-refractivity contribution is -0.552. The van der Waals surface area contributed by atoms with Crippen LogP contribution < -0.4 is 0 Å². The van der Waals surface area contributed by atoms with Gasteiger partial charge >= 0.3 is 11.9 Å². The van der Waals surface area contributed by atoms with Crippen molar-refractivity contribution >= 4 is 35.2 Å². The number of hydrogen-bond acceptors (Lipinski definition) is 4. The Morgan fingerprint density at radius 3 is 2.00 bits per heavy atom. The largest absolute Gasteiger partial charge is 0.333 e. The molecule has 1 fully saturated rings. The minimum Gasteiger partial charge on any atom is -0.284 e. The van der Waals surface area contributed by atoms with Gasteiger partial charge in [0.25, 0.3) is 17.8 Å². The summed E-state index contributed by atoms with van der Waals surface area (Å²) in [6.45, 7) is 2.37. The molecule has 8 heteroatoms. The number of imide groups is 1. The maximum absolute atomic E-state index is 13.3. The van der Waals surface area contributed by atoms with E-state index in [1.54, 1.807) is 7.05 Å². The molecule has 5 rings (SSSR count). The average Bonchev–Trinajstić information content (AvgIpc) is 3.25. The Bertz CT molecular complexity index is 1330. The van der Waals surface area contributed by atoms with E-state index in [1.165, 1.54) is 28.0 Å². The molecule has 188 valence electrons. The van der Waals surface area contributed by atoms with Crippen LogP contribution in [0.5, 0.6) is 0 Å². The summed E-state index contributed by atoms with van der Waals surface area (Å²) in [4.78, 5) is 35.9. The smallest absolute Gasteiger partial charge is 0.284 e. The van der Waals surface area contributed by atoms with Crippen molar-refractivity contribution in [2.45, 2.75) is 25.7 Å². The molecule has 0 radical (unpaired) electrons. The van der Waals surface area contributed by atoms with E-state index >= 15 is 0 Å². The minimum absolute atomic E-state index is 0.281. The highest BCUT2D eigenvalue weighted by Gasteiger charge is 2.53. The molecule has 3 aromatic carbocycles. The molecule has 3 amide bonds. The first kappa shape index (κ1) is 24.9. The van der Waals surface area contributed by atoms with Crippen molar-refractivity contribution < 1.29 is 14.2 Å². The van der Waals surface area contributed by atoms with Gasteiger partial charge in [-0.2, -0.15) is 0 Å². The van der Waals surface area contributed by atoms with Crippen molar-refractivity contribution in [3.63, 3.8) is 0 Å². The van der Waals surface area contributed by atoms with Crippen LogP contribution in [-0.4, -0.2) is 69.6 Å². The summed E-state index contributed by atoms with van der Waals surface area (Å²) < 4.78 is 2.01. The topological polar surface area (TPSA) is 59.2 Å². The van der Waals surface area contributed by atoms with Gasteiger partial charge in [0.2, 0.25) is 0 Å². The predicted octanol–water partition coefficient (Wildman–Crippen LogP) is 4.26. The van der Waals surface area contributed by atoms with Crippen LogP contribution in [0.1, 0.15) is 16.7 Å². The molecule has 0 bridgehead atoms. The minimum atomic E-state index is -0.669. The van der Waals surface area contributed by atoms with Crippen molar-refractivity contribution in [1.29, 1.82) is 0 Å². The van der Waals surface area contributed by atoms with Crippen LogP contribution in [0.2, 0.25) is 5.02 Å². The maximum atomic E-state index is 13.3. The quantitative estimate of drug-likeness (QED) is 0.422.